The number of benzene rings is 1. The minimum Gasteiger partial charge on any atom is -0.370 e. The highest BCUT2D eigenvalue weighted by Crippen LogP contribution is 2.25. The van der Waals surface area contributed by atoms with E-state index in [-0.39, 0.29) is 0 Å². The van der Waals surface area contributed by atoms with Crippen LogP contribution in [0.2, 0.25) is 5.02 Å². The Kier molecular flexibility index (Phi) is 4.30. The predicted octanol–water partition coefficient (Wildman–Crippen LogP) is 3.60. The summed E-state index contributed by atoms with van der Waals surface area (Å²) in [6.07, 6.45) is 3.90. The first kappa shape index (κ1) is 13.4. The number of aryl methyl sites for hydroxylation is 1. The summed E-state index contributed by atoms with van der Waals surface area (Å²) in [7, 11) is 3.97. The summed E-state index contributed by atoms with van der Waals surface area (Å²) in [5.74, 6) is 0. The van der Waals surface area contributed by atoms with Crippen LogP contribution in [0.15, 0.2) is 30.6 Å². The van der Waals surface area contributed by atoms with Gasteiger partial charge in [-0.05, 0) is 17.7 Å². The van der Waals surface area contributed by atoms with Crippen LogP contribution >= 0.6 is 27.5 Å². The number of anilines is 1. The quantitative estimate of drug-likeness (QED) is 0.800. The average Bonchev–Trinajstić information content (AvgIpc) is 2.74. The topological polar surface area (TPSA) is 21.1 Å². The molecule has 0 aliphatic rings. The molecule has 0 saturated carbocycles. The molecule has 1 aromatic carbocycles. The van der Waals surface area contributed by atoms with E-state index in [2.05, 4.69) is 32.0 Å². The SMILES string of the molecule is CN(Cc1cnn(C)c1)c1ccc(CBr)c(Cl)c1. The number of aromatic nitrogens is 2. The van der Waals surface area contributed by atoms with Crippen LogP contribution in [0, 0.1) is 0 Å². The molecular weight excluding hydrogens is 314 g/mol. The lowest BCUT2D eigenvalue weighted by atomic mass is 10.2. The van der Waals surface area contributed by atoms with Crippen LogP contribution < -0.4 is 4.90 Å². The summed E-state index contributed by atoms with van der Waals surface area (Å²) in [4.78, 5) is 2.15. The molecule has 0 atom stereocenters. The fourth-order valence-electron chi connectivity index (χ4n) is 1.80. The van der Waals surface area contributed by atoms with Crippen LogP contribution in [0.5, 0.6) is 0 Å². The third-order valence-electron chi connectivity index (χ3n) is 2.80. The Labute approximate surface area is 120 Å². The van der Waals surface area contributed by atoms with Gasteiger partial charge >= 0.3 is 0 Å². The Morgan fingerprint density at radius 2 is 2.22 bits per heavy atom. The van der Waals surface area contributed by atoms with Crippen LogP contribution in [0.1, 0.15) is 11.1 Å². The highest BCUT2D eigenvalue weighted by molar-refractivity contribution is 9.08. The number of alkyl halides is 1. The second kappa shape index (κ2) is 5.76. The lowest BCUT2D eigenvalue weighted by molar-refractivity contribution is 0.766. The summed E-state index contributed by atoms with van der Waals surface area (Å²) in [5, 5.41) is 5.74. The van der Waals surface area contributed by atoms with E-state index in [9.17, 15) is 0 Å². The normalized spacial score (nSPS) is 10.7. The van der Waals surface area contributed by atoms with Gasteiger partial charge in [-0.15, -0.1) is 0 Å². The fraction of sp³-hybridized carbons (Fsp3) is 0.308. The summed E-state index contributed by atoms with van der Waals surface area (Å²) in [5.41, 5.74) is 3.39. The molecule has 3 nitrogen and oxygen atoms in total. The molecule has 0 amide bonds. The van der Waals surface area contributed by atoms with E-state index in [0.717, 1.165) is 28.1 Å². The Morgan fingerprint density at radius 3 is 2.78 bits per heavy atom. The zero-order chi connectivity index (χ0) is 13.1. The van der Waals surface area contributed by atoms with Crippen LogP contribution in [-0.4, -0.2) is 16.8 Å². The van der Waals surface area contributed by atoms with Crippen LogP contribution in [0.4, 0.5) is 5.69 Å². The van der Waals surface area contributed by atoms with Crippen molar-refractivity contribution in [2.24, 2.45) is 7.05 Å². The first-order valence-corrected chi connectivity index (χ1v) is 7.13. The minimum absolute atomic E-state index is 0.776. The van der Waals surface area contributed by atoms with Crippen molar-refractivity contribution in [2.75, 3.05) is 11.9 Å². The van der Waals surface area contributed by atoms with Crippen molar-refractivity contribution in [3.8, 4) is 0 Å². The van der Waals surface area contributed by atoms with Crippen molar-refractivity contribution in [3.05, 3.63) is 46.7 Å². The lowest BCUT2D eigenvalue weighted by Gasteiger charge is -2.19. The van der Waals surface area contributed by atoms with Gasteiger partial charge in [-0.3, -0.25) is 4.68 Å². The highest BCUT2D eigenvalue weighted by Gasteiger charge is 2.06. The summed E-state index contributed by atoms with van der Waals surface area (Å²) in [6.45, 7) is 0.817. The molecule has 96 valence electrons. The van der Waals surface area contributed by atoms with E-state index >= 15 is 0 Å². The summed E-state index contributed by atoms with van der Waals surface area (Å²) >= 11 is 9.62. The van der Waals surface area contributed by atoms with Crippen molar-refractivity contribution in [1.29, 1.82) is 0 Å². The van der Waals surface area contributed by atoms with Gasteiger partial charge in [-0.25, -0.2) is 0 Å². The molecule has 0 aliphatic heterocycles. The molecule has 1 heterocycles. The maximum atomic E-state index is 6.21. The van der Waals surface area contributed by atoms with Crippen LogP contribution in [0.25, 0.3) is 0 Å². The number of hydrogen-bond donors (Lipinski definition) is 0. The van der Waals surface area contributed by atoms with Gasteiger partial charge in [0.25, 0.3) is 0 Å². The molecule has 0 spiro atoms. The maximum Gasteiger partial charge on any atom is 0.0539 e. The molecule has 0 unspecified atom stereocenters. The molecular formula is C13H15BrClN3. The van der Waals surface area contributed by atoms with E-state index in [0.29, 0.717) is 0 Å². The van der Waals surface area contributed by atoms with Gasteiger partial charge in [-0.2, -0.15) is 5.10 Å². The Hall–Kier alpha value is -1.000. The predicted molar refractivity (Wildman–Crippen MR) is 79.4 cm³/mol. The van der Waals surface area contributed by atoms with Gasteiger partial charge in [0.2, 0.25) is 0 Å². The lowest BCUT2D eigenvalue weighted by Crippen LogP contribution is -2.16. The average molecular weight is 329 g/mol. The molecule has 0 N–H and O–H groups in total. The summed E-state index contributed by atoms with van der Waals surface area (Å²) < 4.78 is 1.81. The van der Waals surface area contributed by atoms with Gasteiger partial charge in [0.1, 0.15) is 0 Å². The first-order chi connectivity index (χ1) is 8.60. The molecule has 1 aromatic heterocycles. The number of hydrogen-bond acceptors (Lipinski definition) is 2. The zero-order valence-corrected chi connectivity index (χ0v) is 12.7. The first-order valence-electron chi connectivity index (χ1n) is 5.63. The molecule has 2 rings (SSSR count). The Morgan fingerprint density at radius 1 is 1.44 bits per heavy atom. The highest BCUT2D eigenvalue weighted by atomic mass is 79.9. The molecule has 0 fully saturated rings. The minimum atomic E-state index is 0.776. The van der Waals surface area contributed by atoms with Crippen LogP contribution in [-0.2, 0) is 18.9 Å². The van der Waals surface area contributed by atoms with Gasteiger partial charge < -0.3 is 4.90 Å². The third-order valence-corrected chi connectivity index (χ3v) is 3.76. The Balaban J connectivity index is 2.13. The number of halogens is 2. The molecule has 0 radical (unpaired) electrons. The van der Waals surface area contributed by atoms with Crippen molar-refractivity contribution >= 4 is 33.2 Å². The fourth-order valence-corrected chi connectivity index (χ4v) is 2.69. The molecule has 0 saturated heterocycles. The Bertz CT molecular complexity index is 539. The van der Waals surface area contributed by atoms with E-state index < -0.39 is 0 Å². The van der Waals surface area contributed by atoms with Crippen LogP contribution in [0.3, 0.4) is 0 Å². The van der Waals surface area contributed by atoms with Gasteiger partial charge in [-0.1, -0.05) is 33.6 Å². The molecule has 5 heteroatoms. The molecule has 2 aromatic rings. The van der Waals surface area contributed by atoms with E-state index in [1.807, 2.05) is 43.3 Å². The van der Waals surface area contributed by atoms with Gasteiger partial charge in [0, 0.05) is 48.4 Å². The standard InChI is InChI=1S/C13H15BrClN3/c1-17(8-10-7-16-18(2)9-10)12-4-3-11(6-14)13(15)5-12/h3-5,7,9H,6,8H2,1-2H3. The number of rotatable bonds is 4. The van der Waals surface area contributed by atoms with Gasteiger partial charge in [0.15, 0.2) is 0 Å². The zero-order valence-electron chi connectivity index (χ0n) is 10.4. The maximum absolute atomic E-state index is 6.21. The van der Waals surface area contributed by atoms with E-state index in [1.54, 1.807) is 0 Å². The molecule has 0 aliphatic carbocycles. The largest absolute Gasteiger partial charge is 0.370 e. The smallest absolute Gasteiger partial charge is 0.0539 e. The van der Waals surface area contributed by atoms with E-state index in [4.69, 9.17) is 11.6 Å². The molecule has 0 bridgehead atoms. The van der Waals surface area contributed by atoms with Crippen molar-refractivity contribution in [1.82, 2.24) is 9.78 Å². The number of nitrogens with zero attached hydrogens (tertiary/aromatic N) is 3. The second-order valence-corrected chi connectivity index (χ2v) is 5.26. The van der Waals surface area contributed by atoms with Crippen molar-refractivity contribution in [3.63, 3.8) is 0 Å². The van der Waals surface area contributed by atoms with Gasteiger partial charge in [0.05, 0.1) is 6.20 Å². The second-order valence-electron chi connectivity index (χ2n) is 4.29. The van der Waals surface area contributed by atoms with E-state index in [1.165, 1.54) is 5.56 Å². The molecule has 18 heavy (non-hydrogen) atoms. The van der Waals surface area contributed by atoms with Crippen molar-refractivity contribution in [2.45, 2.75) is 11.9 Å². The van der Waals surface area contributed by atoms with Crippen molar-refractivity contribution < 1.29 is 0 Å². The third kappa shape index (κ3) is 3.06. The monoisotopic (exact) mass is 327 g/mol. The summed E-state index contributed by atoms with van der Waals surface area (Å²) in [6, 6.07) is 6.12.